The van der Waals surface area contributed by atoms with Crippen molar-refractivity contribution in [2.45, 2.75) is 26.2 Å². The summed E-state index contributed by atoms with van der Waals surface area (Å²) < 4.78 is 0. The number of amides is 1. The number of carbonyl (C=O) groups is 1. The van der Waals surface area contributed by atoms with Crippen molar-refractivity contribution in [3.05, 3.63) is 23.8 Å². The van der Waals surface area contributed by atoms with Crippen LogP contribution in [0.15, 0.2) is 18.2 Å². The van der Waals surface area contributed by atoms with Crippen LogP contribution in [0, 0.1) is 0 Å². The average molecular weight is 241 g/mol. The Labute approximate surface area is 102 Å². The molecule has 0 bridgehead atoms. The summed E-state index contributed by atoms with van der Waals surface area (Å²) in [5, 5.41) is 0. The van der Waals surface area contributed by atoms with Crippen LogP contribution in [-0.2, 0) is 10.2 Å². The quantitative estimate of drug-likeness (QED) is 0.708. The first kappa shape index (κ1) is 12.8. The fourth-order valence-electron chi connectivity index (χ4n) is 2.19. The summed E-state index contributed by atoms with van der Waals surface area (Å²) in [6, 6.07) is 5.79. The maximum atomic E-state index is 11.5. The molecule has 0 radical (unpaired) electrons. The van der Waals surface area contributed by atoms with Crippen LogP contribution in [0.1, 0.15) is 26.3 Å². The normalized spacial score (nSPS) is 16.6. The summed E-state index contributed by atoms with van der Waals surface area (Å²) in [5.74, 6) is 0.0763. The zero-order valence-corrected chi connectivity index (χ0v) is 10.6. The third-order valence-electron chi connectivity index (χ3n) is 2.98. The third-order valence-corrected chi connectivity index (χ3v) is 2.98. The Morgan fingerprint density at radius 2 is 2.06 bits per heavy atom. The van der Waals surface area contributed by atoms with Crippen molar-refractivity contribution in [1.82, 2.24) is 0 Å². The number of anilines is 2. The Bertz CT molecular complexity index is 429. The van der Waals surface area contributed by atoms with E-state index in [1.54, 1.807) is 11.8 Å². The molecule has 0 aromatic heterocycles. The first-order valence-corrected chi connectivity index (χ1v) is 5.10. The topological polar surface area (TPSA) is 46.3 Å². The molecule has 2 rings (SSSR count). The molecule has 1 heterocycles. The lowest BCUT2D eigenvalue weighted by Gasteiger charge is -2.19. The minimum absolute atomic E-state index is 0. The Morgan fingerprint density at radius 3 is 2.62 bits per heavy atom. The molecule has 1 aliphatic rings. The van der Waals surface area contributed by atoms with Crippen molar-refractivity contribution in [3.8, 4) is 0 Å². The highest BCUT2D eigenvalue weighted by molar-refractivity contribution is 5.95. The summed E-state index contributed by atoms with van der Waals surface area (Å²) in [6.07, 6.45) is 0. The maximum Gasteiger partial charge on any atom is 0.223 e. The molecule has 0 unspecified atom stereocenters. The van der Waals surface area contributed by atoms with Crippen LogP contribution in [-0.4, -0.2) is 12.5 Å². The summed E-state index contributed by atoms with van der Waals surface area (Å²) in [5.41, 5.74) is 8.64. The lowest BCUT2D eigenvalue weighted by atomic mass is 9.87. The van der Waals surface area contributed by atoms with Gasteiger partial charge in [-0.3, -0.25) is 4.79 Å². The van der Waals surface area contributed by atoms with Gasteiger partial charge in [0.05, 0.1) is 0 Å². The van der Waals surface area contributed by atoms with Crippen molar-refractivity contribution in [2.24, 2.45) is 0 Å². The van der Waals surface area contributed by atoms with E-state index in [1.807, 2.05) is 18.2 Å². The molecule has 1 amide bonds. The molecule has 1 aromatic rings. The second-order valence-electron chi connectivity index (χ2n) is 4.77. The Balaban J connectivity index is 0.00000128. The van der Waals surface area contributed by atoms with Crippen molar-refractivity contribution in [1.29, 1.82) is 0 Å². The monoisotopic (exact) mass is 240 g/mol. The number of nitrogens with zero attached hydrogens (tertiary/aromatic N) is 1. The first-order valence-electron chi connectivity index (χ1n) is 5.10. The Morgan fingerprint density at radius 1 is 1.44 bits per heavy atom. The zero-order chi connectivity index (χ0) is 11.2. The van der Waals surface area contributed by atoms with Gasteiger partial charge in [-0.15, -0.1) is 12.4 Å². The molecule has 0 fully saturated rings. The number of nitrogen functional groups attached to an aromatic ring is 1. The molecule has 0 saturated carbocycles. The summed E-state index contributed by atoms with van der Waals surface area (Å²) >= 11 is 0. The van der Waals surface area contributed by atoms with Crippen LogP contribution in [0.4, 0.5) is 11.4 Å². The molecule has 4 heteroatoms. The molecule has 0 aliphatic carbocycles. The molecule has 88 valence electrons. The van der Waals surface area contributed by atoms with Gasteiger partial charge in [0.1, 0.15) is 0 Å². The summed E-state index contributed by atoms with van der Waals surface area (Å²) in [4.78, 5) is 13.3. The highest BCUT2D eigenvalue weighted by Gasteiger charge is 2.36. The van der Waals surface area contributed by atoms with E-state index in [2.05, 4.69) is 13.8 Å². The molecular formula is C12H17ClN2O. The van der Waals surface area contributed by atoms with Crippen LogP contribution in [0.2, 0.25) is 0 Å². The van der Waals surface area contributed by atoms with Gasteiger partial charge in [-0.2, -0.15) is 0 Å². The highest BCUT2D eigenvalue weighted by Crippen LogP contribution is 2.41. The molecule has 2 N–H and O–H groups in total. The first-order chi connectivity index (χ1) is 6.92. The molecule has 1 aliphatic heterocycles. The number of hydrogen-bond donors (Lipinski definition) is 1. The Kier molecular flexibility index (Phi) is 3.20. The van der Waals surface area contributed by atoms with E-state index < -0.39 is 0 Å². The van der Waals surface area contributed by atoms with E-state index in [0.29, 0.717) is 5.69 Å². The number of benzene rings is 1. The van der Waals surface area contributed by atoms with Crippen LogP contribution in [0.5, 0.6) is 0 Å². The second kappa shape index (κ2) is 3.98. The summed E-state index contributed by atoms with van der Waals surface area (Å²) in [6.45, 7) is 6.62. The standard InChI is InChI=1S/C12H16N2O.ClH/c1-8(15)14-7-12(2,3)10-5-4-9(13)6-11(10)14;/h4-6H,7,13H2,1-3H3;1H. The lowest BCUT2D eigenvalue weighted by molar-refractivity contribution is -0.116. The number of carbonyl (C=O) groups excluding carboxylic acids is 1. The van der Waals surface area contributed by atoms with Crippen molar-refractivity contribution in [3.63, 3.8) is 0 Å². The second-order valence-corrected chi connectivity index (χ2v) is 4.77. The minimum atomic E-state index is 0. The van der Waals surface area contributed by atoms with E-state index in [1.165, 1.54) is 5.56 Å². The Hall–Kier alpha value is -1.22. The van der Waals surface area contributed by atoms with E-state index in [4.69, 9.17) is 5.73 Å². The maximum absolute atomic E-state index is 11.5. The fraction of sp³-hybridized carbons (Fsp3) is 0.417. The molecule has 1 aromatic carbocycles. The van der Waals surface area contributed by atoms with E-state index in [9.17, 15) is 4.79 Å². The number of hydrogen-bond acceptors (Lipinski definition) is 2. The average Bonchev–Trinajstić information content (AvgIpc) is 2.38. The molecule has 0 saturated heterocycles. The predicted octanol–water partition coefficient (Wildman–Crippen LogP) is 2.33. The van der Waals surface area contributed by atoms with E-state index in [0.717, 1.165) is 12.2 Å². The molecule has 16 heavy (non-hydrogen) atoms. The molecule has 0 spiro atoms. The van der Waals surface area contributed by atoms with Crippen LogP contribution in [0.25, 0.3) is 0 Å². The minimum Gasteiger partial charge on any atom is -0.399 e. The van der Waals surface area contributed by atoms with E-state index in [-0.39, 0.29) is 23.7 Å². The molecule has 0 atom stereocenters. The third kappa shape index (κ3) is 1.87. The zero-order valence-electron chi connectivity index (χ0n) is 9.78. The van der Waals surface area contributed by atoms with Gasteiger partial charge in [0.25, 0.3) is 0 Å². The summed E-state index contributed by atoms with van der Waals surface area (Å²) in [7, 11) is 0. The number of halogens is 1. The van der Waals surface area contributed by atoms with Gasteiger partial charge in [0.15, 0.2) is 0 Å². The van der Waals surface area contributed by atoms with Crippen molar-refractivity contribution >= 4 is 29.7 Å². The van der Waals surface area contributed by atoms with Gasteiger partial charge in [0, 0.05) is 30.3 Å². The number of rotatable bonds is 0. The fourth-order valence-corrected chi connectivity index (χ4v) is 2.19. The predicted molar refractivity (Wildman–Crippen MR) is 69.2 cm³/mol. The van der Waals surface area contributed by atoms with Gasteiger partial charge in [-0.25, -0.2) is 0 Å². The number of fused-ring (bicyclic) bond motifs is 1. The van der Waals surface area contributed by atoms with Gasteiger partial charge in [-0.1, -0.05) is 19.9 Å². The van der Waals surface area contributed by atoms with Gasteiger partial charge in [0.2, 0.25) is 5.91 Å². The SMILES string of the molecule is CC(=O)N1CC(C)(C)c2ccc(N)cc21.Cl. The van der Waals surface area contributed by atoms with Gasteiger partial charge >= 0.3 is 0 Å². The van der Waals surface area contributed by atoms with Crippen molar-refractivity contribution < 1.29 is 4.79 Å². The van der Waals surface area contributed by atoms with Crippen molar-refractivity contribution in [2.75, 3.05) is 17.2 Å². The van der Waals surface area contributed by atoms with Crippen LogP contribution < -0.4 is 10.6 Å². The lowest BCUT2D eigenvalue weighted by Crippen LogP contribution is -2.31. The van der Waals surface area contributed by atoms with Crippen LogP contribution >= 0.6 is 12.4 Å². The highest BCUT2D eigenvalue weighted by atomic mass is 35.5. The number of nitrogens with two attached hydrogens (primary N) is 1. The largest absolute Gasteiger partial charge is 0.399 e. The van der Waals surface area contributed by atoms with Gasteiger partial charge in [-0.05, 0) is 17.7 Å². The smallest absolute Gasteiger partial charge is 0.223 e. The van der Waals surface area contributed by atoms with Gasteiger partial charge < -0.3 is 10.6 Å². The molecular weight excluding hydrogens is 224 g/mol. The molecule has 3 nitrogen and oxygen atoms in total. The van der Waals surface area contributed by atoms with E-state index >= 15 is 0 Å². The van der Waals surface area contributed by atoms with Crippen LogP contribution in [0.3, 0.4) is 0 Å².